The Labute approximate surface area is 121 Å². The van der Waals surface area contributed by atoms with E-state index in [2.05, 4.69) is 5.32 Å². The van der Waals surface area contributed by atoms with Gasteiger partial charge in [-0.2, -0.15) is 0 Å². The van der Waals surface area contributed by atoms with Gasteiger partial charge in [0.05, 0.1) is 0 Å². The van der Waals surface area contributed by atoms with Crippen LogP contribution >= 0.6 is 11.6 Å². The monoisotopic (exact) mass is 293 g/mol. The fraction of sp³-hybridized carbons (Fsp3) is 0.333. The van der Waals surface area contributed by atoms with E-state index in [-0.39, 0.29) is 12.5 Å². The molecule has 0 radical (unpaired) electrons. The van der Waals surface area contributed by atoms with E-state index in [1.165, 1.54) is 6.07 Å². The van der Waals surface area contributed by atoms with Crippen molar-refractivity contribution in [1.29, 1.82) is 0 Å². The molecule has 0 unspecified atom stereocenters. The highest BCUT2D eigenvalue weighted by molar-refractivity contribution is 6.33. The van der Waals surface area contributed by atoms with Crippen LogP contribution in [0.2, 0.25) is 5.02 Å². The van der Waals surface area contributed by atoms with Crippen LogP contribution in [-0.2, 0) is 11.3 Å². The lowest BCUT2D eigenvalue weighted by Gasteiger charge is -2.11. The normalized spacial score (nSPS) is 10.8. The van der Waals surface area contributed by atoms with Gasteiger partial charge in [-0.05, 0) is 36.6 Å². The van der Waals surface area contributed by atoms with Gasteiger partial charge in [0, 0.05) is 29.4 Å². The minimum atomic E-state index is -0.431. The molecule has 5 heteroatoms. The van der Waals surface area contributed by atoms with Crippen molar-refractivity contribution in [2.24, 2.45) is 0 Å². The Morgan fingerprint density at radius 2 is 2.05 bits per heavy atom. The summed E-state index contributed by atoms with van der Waals surface area (Å²) in [5, 5.41) is 4.20. The Kier molecular flexibility index (Phi) is 4.14. The second kappa shape index (κ2) is 5.67. The van der Waals surface area contributed by atoms with Crippen LogP contribution in [0.3, 0.4) is 0 Å². The molecule has 2 aromatic rings. The molecule has 4 nitrogen and oxygen atoms in total. The standard InChI is InChI=1S/C15H16ClNO3/c1-4-12(18)17-7-10-6-13(19)20-11-5-8(2)15(16)9(3)14(10)11/h5-6H,4,7H2,1-3H3,(H,17,18). The number of aryl methyl sites for hydroxylation is 2. The van der Waals surface area contributed by atoms with Crippen LogP contribution in [-0.4, -0.2) is 5.91 Å². The van der Waals surface area contributed by atoms with Crippen LogP contribution in [0.15, 0.2) is 21.3 Å². The number of hydrogen-bond donors (Lipinski definition) is 1. The third-order valence-electron chi connectivity index (χ3n) is 3.27. The van der Waals surface area contributed by atoms with Crippen LogP contribution in [0.1, 0.15) is 30.0 Å². The average Bonchev–Trinajstić information content (AvgIpc) is 2.41. The van der Waals surface area contributed by atoms with Crippen molar-refractivity contribution >= 4 is 28.5 Å². The predicted octanol–water partition coefficient (Wildman–Crippen LogP) is 3.09. The highest BCUT2D eigenvalue weighted by Gasteiger charge is 2.13. The number of nitrogens with one attached hydrogen (secondary N) is 1. The summed E-state index contributed by atoms with van der Waals surface area (Å²) < 4.78 is 5.23. The molecule has 1 amide bonds. The van der Waals surface area contributed by atoms with Crippen LogP contribution in [0.4, 0.5) is 0 Å². The lowest BCUT2D eigenvalue weighted by atomic mass is 10.0. The van der Waals surface area contributed by atoms with Crippen LogP contribution in [0.25, 0.3) is 11.0 Å². The molecule has 0 saturated heterocycles. The van der Waals surface area contributed by atoms with Gasteiger partial charge in [0.15, 0.2) is 0 Å². The predicted molar refractivity (Wildman–Crippen MR) is 79.1 cm³/mol. The van der Waals surface area contributed by atoms with Crippen molar-refractivity contribution in [3.05, 3.63) is 44.3 Å². The Bertz CT molecular complexity index is 734. The van der Waals surface area contributed by atoms with E-state index in [0.717, 1.165) is 22.1 Å². The summed E-state index contributed by atoms with van der Waals surface area (Å²) in [7, 11) is 0. The molecule has 1 N–H and O–H groups in total. The third-order valence-corrected chi connectivity index (χ3v) is 3.85. The first-order valence-corrected chi connectivity index (χ1v) is 6.81. The number of amides is 1. The molecule has 106 valence electrons. The number of carbonyl (C=O) groups is 1. The second-order valence-corrected chi connectivity index (χ2v) is 5.10. The van der Waals surface area contributed by atoms with E-state index in [1.807, 2.05) is 13.8 Å². The maximum atomic E-state index is 11.6. The largest absolute Gasteiger partial charge is 0.423 e. The summed E-state index contributed by atoms with van der Waals surface area (Å²) in [6.45, 7) is 5.80. The molecule has 1 heterocycles. The zero-order valence-corrected chi connectivity index (χ0v) is 12.4. The van der Waals surface area contributed by atoms with E-state index >= 15 is 0 Å². The Balaban J connectivity index is 2.61. The van der Waals surface area contributed by atoms with Gasteiger partial charge in [-0.3, -0.25) is 4.79 Å². The Morgan fingerprint density at radius 1 is 1.35 bits per heavy atom. The van der Waals surface area contributed by atoms with Crippen molar-refractivity contribution in [2.75, 3.05) is 0 Å². The van der Waals surface area contributed by atoms with Gasteiger partial charge in [0.1, 0.15) is 5.58 Å². The zero-order valence-electron chi connectivity index (χ0n) is 11.7. The first-order chi connectivity index (χ1) is 9.43. The van der Waals surface area contributed by atoms with Gasteiger partial charge in [0.2, 0.25) is 5.91 Å². The first kappa shape index (κ1) is 14.6. The van der Waals surface area contributed by atoms with Gasteiger partial charge in [0.25, 0.3) is 0 Å². The van der Waals surface area contributed by atoms with E-state index in [1.54, 1.807) is 13.0 Å². The molecular formula is C15H16ClNO3. The summed E-state index contributed by atoms with van der Waals surface area (Å²) >= 11 is 6.25. The number of carbonyl (C=O) groups excluding carboxylic acids is 1. The molecule has 0 aliphatic carbocycles. The molecule has 0 bridgehead atoms. The van der Waals surface area contributed by atoms with E-state index in [4.69, 9.17) is 16.0 Å². The summed E-state index contributed by atoms with van der Waals surface area (Å²) in [6, 6.07) is 3.15. The molecule has 1 aromatic carbocycles. The summed E-state index contributed by atoms with van der Waals surface area (Å²) in [5.74, 6) is -0.0674. The van der Waals surface area contributed by atoms with Gasteiger partial charge >= 0.3 is 5.63 Å². The van der Waals surface area contributed by atoms with Crippen molar-refractivity contribution in [3.8, 4) is 0 Å². The fourth-order valence-electron chi connectivity index (χ4n) is 2.21. The van der Waals surface area contributed by atoms with E-state index in [9.17, 15) is 9.59 Å². The van der Waals surface area contributed by atoms with Crippen molar-refractivity contribution in [3.63, 3.8) is 0 Å². The van der Waals surface area contributed by atoms with E-state index < -0.39 is 5.63 Å². The van der Waals surface area contributed by atoms with Crippen molar-refractivity contribution in [2.45, 2.75) is 33.7 Å². The Morgan fingerprint density at radius 3 is 2.70 bits per heavy atom. The first-order valence-electron chi connectivity index (χ1n) is 6.43. The fourth-order valence-corrected chi connectivity index (χ4v) is 2.36. The van der Waals surface area contributed by atoms with Gasteiger partial charge in [-0.15, -0.1) is 0 Å². The molecule has 0 aliphatic heterocycles. The molecule has 0 aliphatic rings. The topological polar surface area (TPSA) is 59.3 Å². The molecule has 0 fully saturated rings. The molecule has 2 rings (SSSR count). The Hall–Kier alpha value is -1.81. The summed E-state index contributed by atoms with van der Waals surface area (Å²) in [5.41, 5.74) is 2.50. The minimum absolute atomic E-state index is 0.0674. The smallest absolute Gasteiger partial charge is 0.336 e. The summed E-state index contributed by atoms with van der Waals surface area (Å²) in [4.78, 5) is 23.0. The molecule has 1 aromatic heterocycles. The maximum absolute atomic E-state index is 11.6. The minimum Gasteiger partial charge on any atom is -0.423 e. The van der Waals surface area contributed by atoms with Crippen LogP contribution in [0.5, 0.6) is 0 Å². The molecule has 20 heavy (non-hydrogen) atoms. The molecular weight excluding hydrogens is 278 g/mol. The highest BCUT2D eigenvalue weighted by atomic mass is 35.5. The quantitative estimate of drug-likeness (QED) is 0.885. The number of rotatable bonds is 3. The zero-order chi connectivity index (χ0) is 14.9. The third kappa shape index (κ3) is 2.70. The number of fused-ring (bicyclic) bond motifs is 1. The van der Waals surface area contributed by atoms with Crippen LogP contribution < -0.4 is 10.9 Å². The van der Waals surface area contributed by atoms with E-state index in [0.29, 0.717) is 17.0 Å². The number of benzene rings is 1. The molecule has 0 saturated carbocycles. The average molecular weight is 294 g/mol. The van der Waals surface area contributed by atoms with Gasteiger partial charge in [-0.25, -0.2) is 4.79 Å². The second-order valence-electron chi connectivity index (χ2n) is 4.73. The highest BCUT2D eigenvalue weighted by Crippen LogP contribution is 2.30. The van der Waals surface area contributed by atoms with Crippen molar-refractivity contribution < 1.29 is 9.21 Å². The SMILES string of the molecule is CCC(=O)NCc1cc(=O)oc2cc(C)c(Cl)c(C)c12. The number of hydrogen-bond acceptors (Lipinski definition) is 3. The lowest BCUT2D eigenvalue weighted by Crippen LogP contribution is -2.22. The number of halogens is 1. The molecule has 0 spiro atoms. The van der Waals surface area contributed by atoms with Crippen molar-refractivity contribution in [1.82, 2.24) is 5.32 Å². The van der Waals surface area contributed by atoms with Gasteiger partial charge < -0.3 is 9.73 Å². The maximum Gasteiger partial charge on any atom is 0.336 e. The van der Waals surface area contributed by atoms with Gasteiger partial charge in [-0.1, -0.05) is 18.5 Å². The lowest BCUT2D eigenvalue weighted by molar-refractivity contribution is -0.120. The summed E-state index contributed by atoms with van der Waals surface area (Å²) in [6.07, 6.45) is 0.401. The van der Waals surface area contributed by atoms with Crippen LogP contribution in [0, 0.1) is 13.8 Å². The molecule has 0 atom stereocenters.